The molecule has 0 aromatic heterocycles. The Bertz CT molecular complexity index is 683. The van der Waals surface area contributed by atoms with Crippen molar-refractivity contribution in [3.05, 3.63) is 41.5 Å². The largest absolute Gasteiger partial charge is 0.378 e. The zero-order chi connectivity index (χ0) is 14.5. The van der Waals surface area contributed by atoms with Crippen LogP contribution in [-0.2, 0) is 17.6 Å². The Morgan fingerprint density at radius 3 is 2.70 bits per heavy atom. The van der Waals surface area contributed by atoms with E-state index in [2.05, 4.69) is 25.4 Å². The van der Waals surface area contributed by atoms with Crippen molar-refractivity contribution < 1.29 is 9.63 Å². The number of hydrogen-bond acceptors (Lipinski definition) is 2. The first kappa shape index (κ1) is 14.0. The summed E-state index contributed by atoms with van der Waals surface area (Å²) in [5, 5.41) is 2.06. The van der Waals surface area contributed by atoms with E-state index >= 15 is 0 Å². The average molecular weight is 267 g/mol. The van der Waals surface area contributed by atoms with Crippen molar-refractivity contribution in [2.45, 2.75) is 26.7 Å². The van der Waals surface area contributed by atoms with Crippen molar-refractivity contribution in [1.29, 1.82) is 0 Å². The van der Waals surface area contributed by atoms with Gasteiger partial charge in [-0.2, -0.15) is 5.48 Å². The predicted molar refractivity (Wildman–Crippen MR) is 80.3 cm³/mol. The molecule has 2 aromatic rings. The van der Waals surface area contributed by atoms with Crippen LogP contribution in [-0.4, -0.2) is 5.91 Å². The zero-order valence-electron chi connectivity index (χ0n) is 11.7. The number of nitrogens with one attached hydrogen (secondary N) is 1. The monoisotopic (exact) mass is 267 g/mol. The number of hydrogen-bond donors (Lipinski definition) is 1. The smallest absolute Gasteiger partial charge is 0.328 e. The molecule has 0 aliphatic carbocycles. The van der Waals surface area contributed by atoms with Gasteiger partial charge in [-0.1, -0.05) is 44.2 Å². The van der Waals surface area contributed by atoms with Crippen LogP contribution in [0.3, 0.4) is 0 Å². The Morgan fingerprint density at radius 2 is 2.05 bits per heavy atom. The average Bonchev–Trinajstić information content (AvgIpc) is 2.50. The number of benzene rings is 2. The highest BCUT2D eigenvalue weighted by atomic mass is 16.7. The van der Waals surface area contributed by atoms with E-state index in [9.17, 15) is 4.79 Å². The number of carbonyl (C=O) groups excluding carboxylic acids is 1. The molecule has 0 saturated heterocycles. The topological polar surface area (TPSA) is 38.3 Å². The number of rotatable bonds is 4. The highest BCUT2D eigenvalue weighted by Crippen LogP contribution is 2.33. The molecule has 2 aromatic carbocycles. The standard InChI is InChI=1S/C17H17NO2/c1-4-12-11-13-9-7-8-10-15(13)17(14(12)5-2)20-18-16(19)6-3/h3,7-11H,4-5H2,1-2H3,(H,18,19). The number of aryl methyl sites for hydroxylation is 1. The van der Waals surface area contributed by atoms with Crippen molar-refractivity contribution in [3.8, 4) is 18.1 Å². The summed E-state index contributed by atoms with van der Waals surface area (Å²) in [5.41, 5.74) is 4.61. The molecule has 2 rings (SSSR count). The summed E-state index contributed by atoms with van der Waals surface area (Å²) in [4.78, 5) is 16.7. The summed E-state index contributed by atoms with van der Waals surface area (Å²) < 4.78 is 0. The number of hydroxylamine groups is 1. The molecule has 20 heavy (non-hydrogen) atoms. The molecule has 0 aliphatic heterocycles. The molecular formula is C17H17NO2. The van der Waals surface area contributed by atoms with Crippen molar-refractivity contribution >= 4 is 16.7 Å². The van der Waals surface area contributed by atoms with Gasteiger partial charge in [0.2, 0.25) is 0 Å². The van der Waals surface area contributed by atoms with E-state index in [1.165, 1.54) is 5.56 Å². The fourth-order valence-corrected chi connectivity index (χ4v) is 2.36. The third kappa shape index (κ3) is 2.60. The summed E-state index contributed by atoms with van der Waals surface area (Å²) in [7, 11) is 0. The lowest BCUT2D eigenvalue weighted by molar-refractivity contribution is -0.121. The van der Waals surface area contributed by atoms with E-state index in [1.807, 2.05) is 30.2 Å². The second-order valence-corrected chi connectivity index (χ2v) is 4.45. The highest BCUT2D eigenvalue weighted by Gasteiger charge is 2.13. The van der Waals surface area contributed by atoms with Gasteiger partial charge < -0.3 is 4.84 Å². The minimum atomic E-state index is -0.585. The van der Waals surface area contributed by atoms with Crippen LogP contribution in [0.4, 0.5) is 0 Å². The third-order valence-corrected chi connectivity index (χ3v) is 3.31. The summed E-state index contributed by atoms with van der Waals surface area (Å²) in [6.07, 6.45) is 6.77. The Hall–Kier alpha value is -2.47. The molecule has 0 bridgehead atoms. The number of carbonyl (C=O) groups is 1. The second kappa shape index (κ2) is 6.12. The molecule has 102 valence electrons. The summed E-state index contributed by atoms with van der Waals surface area (Å²) >= 11 is 0. The number of amides is 1. The SMILES string of the molecule is C#CC(=O)NOc1c(CC)c(CC)cc2ccccc12. The molecule has 3 heteroatoms. The van der Waals surface area contributed by atoms with E-state index < -0.39 is 5.91 Å². The Kier molecular flexibility index (Phi) is 4.27. The van der Waals surface area contributed by atoms with Crippen LogP contribution in [0.15, 0.2) is 30.3 Å². The molecule has 0 fully saturated rings. The molecular weight excluding hydrogens is 250 g/mol. The van der Waals surface area contributed by atoms with Gasteiger partial charge in [-0.3, -0.25) is 4.79 Å². The van der Waals surface area contributed by atoms with E-state index in [0.29, 0.717) is 5.75 Å². The number of terminal acetylenes is 1. The maximum absolute atomic E-state index is 11.2. The maximum atomic E-state index is 11.2. The molecule has 3 nitrogen and oxygen atoms in total. The lowest BCUT2D eigenvalue weighted by Gasteiger charge is -2.16. The quantitative estimate of drug-likeness (QED) is 0.683. The minimum Gasteiger partial charge on any atom is -0.378 e. The van der Waals surface area contributed by atoms with Crippen molar-refractivity contribution in [2.75, 3.05) is 0 Å². The van der Waals surface area contributed by atoms with Gasteiger partial charge in [0.25, 0.3) is 0 Å². The van der Waals surface area contributed by atoms with Gasteiger partial charge in [0.05, 0.1) is 0 Å². The molecule has 0 unspecified atom stereocenters. The van der Waals surface area contributed by atoms with Gasteiger partial charge >= 0.3 is 5.91 Å². The molecule has 0 atom stereocenters. The summed E-state index contributed by atoms with van der Waals surface area (Å²) in [6.45, 7) is 4.17. The summed E-state index contributed by atoms with van der Waals surface area (Å²) in [5.74, 6) is 2.08. The van der Waals surface area contributed by atoms with Crippen molar-refractivity contribution in [2.24, 2.45) is 0 Å². The lowest BCUT2D eigenvalue weighted by Crippen LogP contribution is -2.26. The molecule has 0 radical (unpaired) electrons. The van der Waals surface area contributed by atoms with E-state index in [1.54, 1.807) is 0 Å². The highest BCUT2D eigenvalue weighted by molar-refractivity contribution is 5.93. The van der Waals surface area contributed by atoms with Crippen molar-refractivity contribution in [1.82, 2.24) is 5.48 Å². The normalized spacial score (nSPS) is 10.1. The van der Waals surface area contributed by atoms with Gasteiger partial charge in [0.1, 0.15) is 0 Å². The van der Waals surface area contributed by atoms with Crippen LogP contribution in [0.5, 0.6) is 5.75 Å². The third-order valence-electron chi connectivity index (χ3n) is 3.31. The van der Waals surface area contributed by atoms with E-state index in [4.69, 9.17) is 11.3 Å². The summed E-state index contributed by atoms with van der Waals surface area (Å²) in [6, 6.07) is 10.1. The molecule has 1 N–H and O–H groups in total. The second-order valence-electron chi connectivity index (χ2n) is 4.45. The lowest BCUT2D eigenvalue weighted by atomic mass is 9.96. The molecule has 0 spiro atoms. The van der Waals surface area contributed by atoms with Crippen LogP contribution in [0.1, 0.15) is 25.0 Å². The van der Waals surface area contributed by atoms with Crippen LogP contribution in [0.25, 0.3) is 10.8 Å². The van der Waals surface area contributed by atoms with Gasteiger partial charge in [0.15, 0.2) is 5.75 Å². The van der Waals surface area contributed by atoms with Gasteiger partial charge in [0, 0.05) is 10.9 Å². The Balaban J connectivity index is 2.58. The fourth-order valence-electron chi connectivity index (χ4n) is 2.36. The van der Waals surface area contributed by atoms with Crippen molar-refractivity contribution in [3.63, 3.8) is 0 Å². The minimum absolute atomic E-state index is 0.585. The Labute approximate surface area is 118 Å². The van der Waals surface area contributed by atoms with Gasteiger partial charge in [-0.05, 0) is 29.7 Å². The molecule has 0 heterocycles. The maximum Gasteiger partial charge on any atom is 0.328 e. The molecule has 0 saturated carbocycles. The van der Waals surface area contributed by atoms with Crippen LogP contribution < -0.4 is 10.3 Å². The van der Waals surface area contributed by atoms with E-state index in [-0.39, 0.29) is 0 Å². The van der Waals surface area contributed by atoms with E-state index in [0.717, 1.165) is 29.2 Å². The fraction of sp³-hybridized carbons (Fsp3) is 0.235. The molecule has 1 amide bonds. The Morgan fingerprint density at radius 1 is 1.30 bits per heavy atom. The first-order valence-electron chi connectivity index (χ1n) is 6.68. The van der Waals surface area contributed by atoms with Gasteiger partial charge in [-0.15, -0.1) is 6.42 Å². The first-order valence-corrected chi connectivity index (χ1v) is 6.68. The number of fused-ring (bicyclic) bond motifs is 1. The van der Waals surface area contributed by atoms with Gasteiger partial charge in [-0.25, -0.2) is 0 Å². The van der Waals surface area contributed by atoms with Crippen LogP contribution in [0, 0.1) is 12.3 Å². The zero-order valence-corrected chi connectivity index (χ0v) is 11.7. The predicted octanol–water partition coefficient (Wildman–Crippen LogP) is 3.01. The van der Waals surface area contributed by atoms with Crippen LogP contribution in [0.2, 0.25) is 0 Å². The van der Waals surface area contributed by atoms with Crippen LogP contribution >= 0.6 is 0 Å². The first-order chi connectivity index (χ1) is 9.71. The molecule has 0 aliphatic rings.